The van der Waals surface area contributed by atoms with E-state index in [0.29, 0.717) is 5.76 Å². The highest BCUT2D eigenvalue weighted by molar-refractivity contribution is 7.98. The third-order valence-electron chi connectivity index (χ3n) is 4.28. The number of thioether (sulfide) groups is 1. The number of halogens is 3. The van der Waals surface area contributed by atoms with Crippen molar-refractivity contribution in [3.05, 3.63) is 40.8 Å². The van der Waals surface area contributed by atoms with E-state index in [0.717, 1.165) is 47.7 Å². The molecule has 1 saturated carbocycles. The summed E-state index contributed by atoms with van der Waals surface area (Å²) in [6.07, 6.45) is -1.94. The van der Waals surface area contributed by atoms with Gasteiger partial charge in [-0.1, -0.05) is 0 Å². The first-order valence-electron chi connectivity index (χ1n) is 8.39. The number of amides is 1. The van der Waals surface area contributed by atoms with Gasteiger partial charge in [-0.25, -0.2) is 9.69 Å². The van der Waals surface area contributed by atoms with Crippen LogP contribution in [0.3, 0.4) is 0 Å². The van der Waals surface area contributed by atoms with E-state index in [-0.39, 0.29) is 35.4 Å². The first-order valence-corrected chi connectivity index (χ1v) is 9.61. The minimum absolute atomic E-state index is 0.0514. The lowest BCUT2D eigenvalue weighted by molar-refractivity contribution is -0.137. The number of ether oxygens (including phenoxy) is 2. The van der Waals surface area contributed by atoms with E-state index in [1.54, 1.807) is 13.2 Å². The lowest BCUT2D eigenvalue weighted by Crippen LogP contribution is -2.32. The number of rotatable bonds is 5. The molecule has 146 valence electrons. The highest BCUT2D eigenvalue weighted by Gasteiger charge is 2.42. The molecule has 1 fully saturated rings. The monoisotopic (exact) mass is 401 g/mol. The number of carbonyl (C=O) groups is 2. The summed E-state index contributed by atoms with van der Waals surface area (Å²) in [4.78, 5) is 26.7. The van der Waals surface area contributed by atoms with E-state index in [2.05, 4.69) is 0 Å². The minimum Gasteiger partial charge on any atom is -0.474 e. The number of carbonyl (C=O) groups excluding carboxylic acids is 2. The molecule has 3 rings (SSSR count). The second-order valence-electron chi connectivity index (χ2n) is 6.13. The van der Waals surface area contributed by atoms with Gasteiger partial charge in [-0.15, -0.1) is 11.8 Å². The molecular weight excluding hydrogens is 383 g/mol. The Morgan fingerprint density at radius 1 is 1.33 bits per heavy atom. The van der Waals surface area contributed by atoms with Gasteiger partial charge >= 0.3 is 12.3 Å². The Hall–Kier alpha value is -2.16. The second kappa shape index (κ2) is 7.46. The quantitative estimate of drug-likeness (QED) is 0.530. The summed E-state index contributed by atoms with van der Waals surface area (Å²) in [6, 6.07) is 2.96. The number of hydrogen-bond acceptors (Lipinski definition) is 5. The number of hydrogen-bond donors (Lipinski definition) is 0. The summed E-state index contributed by atoms with van der Waals surface area (Å²) in [6.45, 7) is 1.64. The largest absolute Gasteiger partial charge is 0.474 e. The molecule has 0 saturated heterocycles. The molecule has 0 atom stereocenters. The van der Waals surface area contributed by atoms with Crippen molar-refractivity contribution >= 4 is 23.6 Å². The minimum atomic E-state index is -4.50. The van der Waals surface area contributed by atoms with Crippen molar-refractivity contribution in [3.8, 4) is 0 Å². The Bertz CT molecular complexity index is 802. The maximum Gasteiger partial charge on any atom is 0.417 e. The van der Waals surface area contributed by atoms with Crippen LogP contribution in [0.4, 0.5) is 18.0 Å². The fourth-order valence-electron chi connectivity index (χ4n) is 2.82. The smallest absolute Gasteiger partial charge is 0.417 e. The van der Waals surface area contributed by atoms with Gasteiger partial charge in [0.25, 0.3) is 0 Å². The number of benzene rings is 1. The van der Waals surface area contributed by atoms with Crippen LogP contribution in [0.25, 0.3) is 0 Å². The van der Waals surface area contributed by atoms with Gasteiger partial charge < -0.3 is 9.47 Å². The third-order valence-corrected chi connectivity index (χ3v) is 5.05. The van der Waals surface area contributed by atoms with Crippen molar-refractivity contribution in [3.63, 3.8) is 0 Å². The fourth-order valence-corrected chi connectivity index (χ4v) is 3.44. The van der Waals surface area contributed by atoms with E-state index >= 15 is 0 Å². The molecular formula is C18H18F3NO4S. The van der Waals surface area contributed by atoms with Crippen molar-refractivity contribution in [1.82, 2.24) is 4.90 Å². The average Bonchev–Trinajstić information content (AvgIpc) is 3.38. The molecule has 27 heavy (non-hydrogen) atoms. The molecule has 0 bridgehead atoms. The van der Waals surface area contributed by atoms with Gasteiger partial charge in [-0.2, -0.15) is 13.2 Å². The van der Waals surface area contributed by atoms with Gasteiger partial charge in [0.05, 0.1) is 12.2 Å². The average molecular weight is 401 g/mol. The predicted octanol–water partition coefficient (Wildman–Crippen LogP) is 4.68. The molecule has 9 heteroatoms. The molecule has 1 aliphatic heterocycles. The van der Waals surface area contributed by atoms with Crippen molar-refractivity contribution in [2.45, 2.75) is 30.8 Å². The van der Waals surface area contributed by atoms with Gasteiger partial charge in [-0.3, -0.25) is 4.79 Å². The third kappa shape index (κ3) is 3.92. The van der Waals surface area contributed by atoms with Gasteiger partial charge in [0.15, 0.2) is 6.73 Å². The molecule has 2 aliphatic rings. The maximum absolute atomic E-state index is 13.2. The summed E-state index contributed by atoms with van der Waals surface area (Å²) in [5.74, 6) is -0.0731. The van der Waals surface area contributed by atoms with Crippen LogP contribution in [0.5, 0.6) is 0 Å². The van der Waals surface area contributed by atoms with Crippen LogP contribution in [0.1, 0.15) is 35.7 Å². The number of allylic oxidation sites excluding steroid dienone is 2. The Labute approximate surface area is 158 Å². The topological polar surface area (TPSA) is 55.8 Å². The predicted molar refractivity (Wildman–Crippen MR) is 92.1 cm³/mol. The lowest BCUT2D eigenvalue weighted by Gasteiger charge is -2.18. The maximum atomic E-state index is 13.2. The molecule has 0 N–H and O–H groups in total. The molecule has 1 amide bonds. The van der Waals surface area contributed by atoms with Crippen molar-refractivity contribution in [1.29, 1.82) is 0 Å². The summed E-state index contributed by atoms with van der Waals surface area (Å²) in [5, 5.41) is 0. The van der Waals surface area contributed by atoms with E-state index in [1.807, 2.05) is 0 Å². The Morgan fingerprint density at radius 3 is 2.59 bits per heavy atom. The molecule has 0 aromatic heterocycles. The normalized spacial score (nSPS) is 17.1. The molecule has 0 unspecified atom stereocenters. The first-order chi connectivity index (χ1) is 12.8. The van der Waals surface area contributed by atoms with Gasteiger partial charge in [0.1, 0.15) is 11.5 Å². The van der Waals surface area contributed by atoms with Crippen LogP contribution < -0.4 is 0 Å². The number of ketones is 1. The van der Waals surface area contributed by atoms with Crippen molar-refractivity contribution in [2.24, 2.45) is 5.92 Å². The lowest BCUT2D eigenvalue weighted by atomic mass is 10.0. The molecule has 1 aliphatic carbocycles. The van der Waals surface area contributed by atoms with Crippen LogP contribution in [-0.4, -0.2) is 36.4 Å². The van der Waals surface area contributed by atoms with E-state index in [1.165, 1.54) is 0 Å². The molecule has 1 aromatic rings. The zero-order valence-corrected chi connectivity index (χ0v) is 15.6. The van der Waals surface area contributed by atoms with Crippen LogP contribution in [-0.2, 0) is 15.7 Å². The summed E-state index contributed by atoms with van der Waals surface area (Å²) in [5.41, 5.74) is -0.667. The standard InChI is InChI=1S/C18H18F3NO4S/c1-3-25-17(24)22-9-26-16(10-4-5-10)14(22)15(23)12-7-6-11(18(19,20)21)8-13(12)27-2/h6-8,10H,3-5,9H2,1-2H3. The number of nitrogens with zero attached hydrogens (tertiary/aromatic N) is 1. The van der Waals surface area contributed by atoms with Crippen molar-refractivity contribution < 1.29 is 32.2 Å². The first kappa shape index (κ1) is 19.6. The molecule has 0 spiro atoms. The number of Topliss-reactive ketones (excluding diaryl/α,β-unsaturated/α-hetero) is 1. The number of alkyl halides is 3. The van der Waals surface area contributed by atoms with Gasteiger partial charge in [-0.05, 0) is 44.2 Å². The fraction of sp³-hybridized carbons (Fsp3) is 0.444. The summed E-state index contributed by atoms with van der Waals surface area (Å²) < 4.78 is 49.5. The SMILES string of the molecule is CCOC(=O)N1COC(C2CC2)=C1C(=O)c1ccc(C(F)(F)F)cc1SC. The Morgan fingerprint density at radius 2 is 2.04 bits per heavy atom. The van der Waals surface area contributed by atoms with Gasteiger partial charge in [0, 0.05) is 16.4 Å². The molecule has 0 radical (unpaired) electrons. The van der Waals surface area contributed by atoms with Crippen molar-refractivity contribution in [2.75, 3.05) is 19.6 Å². The van der Waals surface area contributed by atoms with Crippen LogP contribution in [0.2, 0.25) is 0 Å². The Balaban J connectivity index is 2.01. The summed E-state index contributed by atoms with van der Waals surface area (Å²) in [7, 11) is 0. The highest BCUT2D eigenvalue weighted by atomic mass is 32.2. The zero-order valence-electron chi connectivity index (χ0n) is 14.8. The molecule has 5 nitrogen and oxygen atoms in total. The highest BCUT2D eigenvalue weighted by Crippen LogP contribution is 2.43. The van der Waals surface area contributed by atoms with E-state index < -0.39 is 23.6 Å². The Kier molecular flexibility index (Phi) is 5.41. The zero-order chi connectivity index (χ0) is 19.8. The van der Waals surface area contributed by atoms with E-state index in [9.17, 15) is 22.8 Å². The van der Waals surface area contributed by atoms with Crippen LogP contribution in [0, 0.1) is 5.92 Å². The molecule has 1 heterocycles. The van der Waals surface area contributed by atoms with Gasteiger partial charge in [0.2, 0.25) is 5.78 Å². The summed E-state index contributed by atoms with van der Waals surface area (Å²) >= 11 is 1.04. The molecule has 1 aromatic carbocycles. The van der Waals surface area contributed by atoms with Crippen LogP contribution in [0.15, 0.2) is 34.6 Å². The van der Waals surface area contributed by atoms with E-state index in [4.69, 9.17) is 9.47 Å². The second-order valence-corrected chi connectivity index (χ2v) is 6.98. The van der Waals surface area contributed by atoms with Crippen LogP contribution >= 0.6 is 11.8 Å².